The van der Waals surface area contributed by atoms with E-state index in [0.29, 0.717) is 25.6 Å². The van der Waals surface area contributed by atoms with Crippen LogP contribution in [0.2, 0.25) is 0 Å². The molecule has 3 rings (SSSR count). The van der Waals surface area contributed by atoms with E-state index in [-0.39, 0.29) is 5.75 Å². The molecule has 0 bridgehead atoms. The van der Waals surface area contributed by atoms with Gasteiger partial charge >= 0.3 is 0 Å². The average Bonchev–Trinajstić information content (AvgIpc) is 2.96. The van der Waals surface area contributed by atoms with Crippen LogP contribution in [0.25, 0.3) is 11.0 Å². The molecule has 120 valence electrons. The van der Waals surface area contributed by atoms with Crippen molar-refractivity contribution in [1.29, 1.82) is 0 Å². The fourth-order valence-electron chi connectivity index (χ4n) is 3.14. The molecule has 1 aliphatic heterocycles. The Morgan fingerprint density at radius 3 is 2.95 bits per heavy atom. The normalized spacial score (nSPS) is 20.5. The standard InChI is InChI=1S/C16H23N3O2S/c1-2-14-6-5-9-19(12-14)22(20,21)11-10-18-13-17-15-7-3-4-8-16(15)18/h3-4,7-8,13-14H,2,5-6,9-12H2,1H3. The fraction of sp³-hybridized carbons (Fsp3) is 0.562. The summed E-state index contributed by atoms with van der Waals surface area (Å²) in [5.41, 5.74) is 1.90. The third kappa shape index (κ3) is 3.17. The first-order valence-electron chi connectivity index (χ1n) is 7.98. The molecule has 0 radical (unpaired) electrons. The number of para-hydroxylation sites is 2. The fourth-order valence-corrected chi connectivity index (χ4v) is 4.67. The Hall–Kier alpha value is -1.40. The molecule has 0 amide bonds. The number of imidazole rings is 1. The van der Waals surface area contributed by atoms with E-state index in [1.807, 2.05) is 28.8 Å². The minimum atomic E-state index is -3.19. The van der Waals surface area contributed by atoms with Gasteiger partial charge in [0.1, 0.15) is 0 Å². The lowest BCUT2D eigenvalue weighted by Crippen LogP contribution is -2.41. The van der Waals surface area contributed by atoms with Crippen LogP contribution in [0.15, 0.2) is 30.6 Å². The molecule has 1 fully saturated rings. The van der Waals surface area contributed by atoms with Crippen molar-refractivity contribution >= 4 is 21.1 Å². The molecule has 2 heterocycles. The third-order valence-corrected chi connectivity index (χ3v) is 6.39. The Labute approximate surface area is 132 Å². The highest BCUT2D eigenvalue weighted by atomic mass is 32.2. The van der Waals surface area contributed by atoms with Crippen LogP contribution in [-0.2, 0) is 16.6 Å². The number of aryl methyl sites for hydroxylation is 1. The summed E-state index contributed by atoms with van der Waals surface area (Å²) in [6, 6.07) is 7.81. The monoisotopic (exact) mass is 321 g/mol. The van der Waals surface area contributed by atoms with Crippen LogP contribution in [0.1, 0.15) is 26.2 Å². The van der Waals surface area contributed by atoms with Crippen LogP contribution in [0, 0.1) is 5.92 Å². The smallest absolute Gasteiger partial charge is 0.215 e. The predicted octanol–water partition coefficient (Wildman–Crippen LogP) is 2.49. The molecular formula is C16H23N3O2S. The van der Waals surface area contributed by atoms with E-state index in [0.717, 1.165) is 30.3 Å². The van der Waals surface area contributed by atoms with Crippen molar-refractivity contribution in [3.8, 4) is 0 Å². The molecule has 22 heavy (non-hydrogen) atoms. The van der Waals surface area contributed by atoms with E-state index >= 15 is 0 Å². The lowest BCUT2D eigenvalue weighted by molar-refractivity contribution is 0.261. The number of hydrogen-bond donors (Lipinski definition) is 0. The van der Waals surface area contributed by atoms with E-state index in [2.05, 4.69) is 11.9 Å². The van der Waals surface area contributed by atoms with Gasteiger partial charge in [-0.3, -0.25) is 0 Å². The van der Waals surface area contributed by atoms with Gasteiger partial charge in [0, 0.05) is 19.6 Å². The van der Waals surface area contributed by atoms with Gasteiger partial charge < -0.3 is 4.57 Å². The zero-order valence-corrected chi connectivity index (χ0v) is 13.8. The summed E-state index contributed by atoms with van der Waals surface area (Å²) in [5.74, 6) is 0.654. The second kappa shape index (κ2) is 6.38. The molecular weight excluding hydrogens is 298 g/mol. The largest absolute Gasteiger partial charge is 0.330 e. The summed E-state index contributed by atoms with van der Waals surface area (Å²) < 4.78 is 28.8. The van der Waals surface area contributed by atoms with Gasteiger partial charge in [-0.05, 0) is 30.9 Å². The van der Waals surface area contributed by atoms with Gasteiger partial charge in [-0.1, -0.05) is 25.5 Å². The van der Waals surface area contributed by atoms with Gasteiger partial charge in [-0.15, -0.1) is 0 Å². The second-order valence-electron chi connectivity index (χ2n) is 6.02. The molecule has 0 spiro atoms. The van der Waals surface area contributed by atoms with Crippen LogP contribution < -0.4 is 0 Å². The van der Waals surface area contributed by atoms with E-state index in [1.54, 1.807) is 10.6 Å². The number of sulfonamides is 1. The number of rotatable bonds is 5. The van der Waals surface area contributed by atoms with E-state index in [9.17, 15) is 8.42 Å². The lowest BCUT2D eigenvalue weighted by Gasteiger charge is -2.31. The molecule has 1 aromatic heterocycles. The maximum atomic E-state index is 12.6. The summed E-state index contributed by atoms with van der Waals surface area (Å²) in [5, 5.41) is 0. The molecule has 5 nitrogen and oxygen atoms in total. The van der Waals surface area contributed by atoms with Crippen molar-refractivity contribution in [2.45, 2.75) is 32.7 Å². The summed E-state index contributed by atoms with van der Waals surface area (Å²) in [4.78, 5) is 4.31. The van der Waals surface area contributed by atoms with E-state index < -0.39 is 10.0 Å². The first kappa shape index (κ1) is 15.5. The van der Waals surface area contributed by atoms with Gasteiger partial charge in [0.15, 0.2) is 0 Å². The second-order valence-corrected chi connectivity index (χ2v) is 8.11. The SMILES string of the molecule is CCC1CCCN(S(=O)(=O)CCn2cnc3ccccc32)C1. The summed E-state index contributed by atoms with van der Waals surface area (Å²) in [7, 11) is -3.19. The Morgan fingerprint density at radius 1 is 1.32 bits per heavy atom. The predicted molar refractivity (Wildman–Crippen MR) is 88.1 cm³/mol. The van der Waals surface area contributed by atoms with Crippen LogP contribution in [0.3, 0.4) is 0 Å². The summed E-state index contributed by atoms with van der Waals surface area (Å²) in [6.45, 7) is 3.95. The van der Waals surface area contributed by atoms with Gasteiger partial charge in [0.25, 0.3) is 0 Å². The molecule has 0 N–H and O–H groups in total. The number of hydrogen-bond acceptors (Lipinski definition) is 3. The van der Waals surface area contributed by atoms with E-state index in [4.69, 9.17) is 0 Å². The van der Waals surface area contributed by atoms with Crippen LogP contribution in [-0.4, -0.2) is 41.1 Å². The first-order chi connectivity index (χ1) is 10.6. The maximum absolute atomic E-state index is 12.6. The Balaban J connectivity index is 1.69. The van der Waals surface area contributed by atoms with Crippen molar-refractivity contribution in [2.75, 3.05) is 18.8 Å². The molecule has 1 unspecified atom stereocenters. The van der Waals surface area contributed by atoms with Crippen molar-refractivity contribution in [2.24, 2.45) is 5.92 Å². The van der Waals surface area contributed by atoms with E-state index in [1.165, 1.54) is 0 Å². The van der Waals surface area contributed by atoms with Crippen LogP contribution >= 0.6 is 0 Å². The number of benzene rings is 1. The molecule has 0 aliphatic carbocycles. The van der Waals surface area contributed by atoms with Gasteiger partial charge in [-0.2, -0.15) is 0 Å². The van der Waals surface area contributed by atoms with Gasteiger partial charge in [-0.25, -0.2) is 17.7 Å². The number of aromatic nitrogens is 2. The minimum absolute atomic E-state index is 0.143. The average molecular weight is 321 g/mol. The Bertz CT molecular complexity index is 739. The number of fused-ring (bicyclic) bond motifs is 1. The zero-order chi connectivity index (χ0) is 15.6. The molecule has 1 aromatic carbocycles. The zero-order valence-electron chi connectivity index (χ0n) is 13.0. The Morgan fingerprint density at radius 2 is 2.14 bits per heavy atom. The highest BCUT2D eigenvalue weighted by Gasteiger charge is 2.27. The molecule has 6 heteroatoms. The van der Waals surface area contributed by atoms with Crippen LogP contribution in [0.4, 0.5) is 0 Å². The van der Waals surface area contributed by atoms with Crippen LogP contribution in [0.5, 0.6) is 0 Å². The topological polar surface area (TPSA) is 55.2 Å². The van der Waals surface area contributed by atoms with Crippen molar-refractivity contribution in [3.05, 3.63) is 30.6 Å². The lowest BCUT2D eigenvalue weighted by atomic mass is 9.97. The van der Waals surface area contributed by atoms with Gasteiger partial charge in [0.2, 0.25) is 10.0 Å². The highest BCUT2D eigenvalue weighted by molar-refractivity contribution is 7.89. The summed E-state index contributed by atoms with van der Waals surface area (Å²) >= 11 is 0. The number of piperidine rings is 1. The molecule has 1 atom stereocenters. The van der Waals surface area contributed by atoms with Crippen molar-refractivity contribution < 1.29 is 8.42 Å². The van der Waals surface area contributed by atoms with Crippen molar-refractivity contribution in [3.63, 3.8) is 0 Å². The van der Waals surface area contributed by atoms with Crippen molar-refractivity contribution in [1.82, 2.24) is 13.9 Å². The maximum Gasteiger partial charge on any atom is 0.215 e. The third-order valence-electron chi connectivity index (χ3n) is 4.57. The highest BCUT2D eigenvalue weighted by Crippen LogP contribution is 2.22. The van der Waals surface area contributed by atoms with Gasteiger partial charge in [0.05, 0.1) is 23.1 Å². The quantitative estimate of drug-likeness (QED) is 0.850. The molecule has 2 aromatic rings. The molecule has 0 saturated carbocycles. The molecule has 1 aliphatic rings. The summed E-state index contributed by atoms with van der Waals surface area (Å²) in [6.07, 6.45) is 4.91. The number of nitrogens with zero attached hydrogens (tertiary/aromatic N) is 3. The Kier molecular flexibility index (Phi) is 4.49. The minimum Gasteiger partial charge on any atom is -0.330 e. The first-order valence-corrected chi connectivity index (χ1v) is 9.59. The molecule has 1 saturated heterocycles.